The lowest BCUT2D eigenvalue weighted by Gasteiger charge is -2.44. The van der Waals surface area contributed by atoms with Gasteiger partial charge in [-0.1, -0.05) is 12.1 Å². The van der Waals surface area contributed by atoms with E-state index in [1.54, 1.807) is 12.1 Å². The number of likely N-dealkylation sites (tertiary alicyclic amines) is 1. The van der Waals surface area contributed by atoms with Crippen molar-refractivity contribution in [1.82, 2.24) is 9.62 Å². The molecule has 6 nitrogen and oxygen atoms in total. The van der Waals surface area contributed by atoms with E-state index in [2.05, 4.69) is 10.0 Å². The Morgan fingerprint density at radius 1 is 1.28 bits per heavy atom. The number of carbonyl (C=O) groups excluding carboxylic acids is 1. The third kappa shape index (κ3) is 2.34. The topological polar surface area (TPSA) is 78.5 Å². The summed E-state index contributed by atoms with van der Waals surface area (Å²) in [6.07, 6.45) is -5.23. The van der Waals surface area contributed by atoms with Crippen molar-refractivity contribution in [3.8, 4) is 0 Å². The summed E-state index contributed by atoms with van der Waals surface area (Å²) in [7, 11) is -3.90. The first-order chi connectivity index (χ1) is 11.6. The zero-order valence-corrected chi connectivity index (χ0v) is 13.8. The molecule has 1 saturated heterocycles. The predicted molar refractivity (Wildman–Crippen MR) is 82.0 cm³/mol. The number of alkyl halides is 3. The largest absolute Gasteiger partial charge is 0.396 e. The van der Waals surface area contributed by atoms with Gasteiger partial charge in [0.15, 0.2) is 6.17 Å². The summed E-state index contributed by atoms with van der Waals surface area (Å²) >= 11 is 0. The number of amides is 1. The number of nitrogens with one attached hydrogen (secondary N) is 2. The van der Waals surface area contributed by atoms with Crippen LogP contribution in [0.15, 0.2) is 29.2 Å². The number of nitrogens with zero attached hydrogens (tertiary/aromatic N) is 1. The number of sulfonamides is 1. The Balaban J connectivity index is 1.58. The molecule has 2 fully saturated rings. The number of rotatable bonds is 1. The van der Waals surface area contributed by atoms with Gasteiger partial charge in [0.25, 0.3) is 5.91 Å². The molecule has 0 spiro atoms. The van der Waals surface area contributed by atoms with Crippen LogP contribution in [0.3, 0.4) is 0 Å². The summed E-state index contributed by atoms with van der Waals surface area (Å²) in [5, 5.41) is 2.77. The smallest absolute Gasteiger partial charge is 0.360 e. The zero-order chi connectivity index (χ0) is 18.0. The lowest BCUT2D eigenvalue weighted by Crippen LogP contribution is -2.55. The highest BCUT2D eigenvalue weighted by molar-refractivity contribution is 7.89. The minimum absolute atomic E-state index is 0.000101. The highest BCUT2D eigenvalue weighted by Gasteiger charge is 2.68. The summed E-state index contributed by atoms with van der Waals surface area (Å²) < 4.78 is 66.9. The van der Waals surface area contributed by atoms with Gasteiger partial charge in [0.2, 0.25) is 10.0 Å². The molecule has 1 amide bonds. The fraction of sp³-hybridized carbons (Fsp3) is 0.533. The maximum atomic E-state index is 13.4. The molecule has 1 aliphatic carbocycles. The minimum Gasteiger partial charge on any atom is -0.360 e. The van der Waals surface area contributed by atoms with Crippen molar-refractivity contribution in [2.75, 3.05) is 18.4 Å². The number of anilines is 1. The maximum Gasteiger partial charge on any atom is 0.396 e. The molecule has 0 bridgehead atoms. The Morgan fingerprint density at radius 2 is 2.00 bits per heavy atom. The zero-order valence-electron chi connectivity index (χ0n) is 13.0. The van der Waals surface area contributed by atoms with Crippen LogP contribution in [-0.4, -0.2) is 44.7 Å². The highest BCUT2D eigenvalue weighted by Crippen LogP contribution is 2.60. The molecule has 4 rings (SSSR count). The molecule has 1 aromatic rings. The van der Waals surface area contributed by atoms with Crippen LogP contribution in [0, 0.1) is 11.3 Å². The van der Waals surface area contributed by atoms with Crippen LogP contribution in [0.1, 0.15) is 12.8 Å². The van der Waals surface area contributed by atoms with Crippen LogP contribution in [0.25, 0.3) is 0 Å². The Morgan fingerprint density at radius 3 is 2.60 bits per heavy atom. The van der Waals surface area contributed by atoms with Gasteiger partial charge in [-0.05, 0) is 30.9 Å². The molecule has 2 heterocycles. The van der Waals surface area contributed by atoms with E-state index in [0.29, 0.717) is 6.42 Å². The molecule has 0 radical (unpaired) electrons. The highest BCUT2D eigenvalue weighted by atomic mass is 32.2. The first-order valence-corrected chi connectivity index (χ1v) is 9.36. The number of carbonyl (C=O) groups is 1. The molecule has 2 aliphatic heterocycles. The lowest BCUT2D eigenvalue weighted by atomic mass is 9.61. The molecule has 3 atom stereocenters. The third-order valence-electron chi connectivity index (χ3n) is 5.51. The van der Waals surface area contributed by atoms with E-state index >= 15 is 0 Å². The number of halogens is 3. The third-order valence-corrected chi connectivity index (χ3v) is 6.99. The van der Waals surface area contributed by atoms with Crippen molar-refractivity contribution in [3.63, 3.8) is 0 Å². The fourth-order valence-electron chi connectivity index (χ4n) is 3.99. The van der Waals surface area contributed by atoms with Gasteiger partial charge in [-0.2, -0.15) is 17.9 Å². The minimum atomic E-state index is -4.36. The van der Waals surface area contributed by atoms with E-state index in [9.17, 15) is 26.4 Å². The van der Waals surface area contributed by atoms with Gasteiger partial charge >= 0.3 is 6.18 Å². The van der Waals surface area contributed by atoms with E-state index < -0.39 is 46.2 Å². The van der Waals surface area contributed by atoms with E-state index in [1.807, 2.05) is 0 Å². The second kappa shape index (κ2) is 5.10. The van der Waals surface area contributed by atoms with Gasteiger partial charge in [0.1, 0.15) is 4.90 Å². The monoisotopic (exact) mass is 375 g/mol. The molecule has 10 heteroatoms. The second-order valence-corrected chi connectivity index (χ2v) is 8.49. The van der Waals surface area contributed by atoms with Gasteiger partial charge in [-0.15, -0.1) is 0 Å². The maximum absolute atomic E-state index is 13.4. The van der Waals surface area contributed by atoms with Crippen molar-refractivity contribution in [3.05, 3.63) is 24.3 Å². The van der Waals surface area contributed by atoms with E-state index in [4.69, 9.17) is 0 Å². The van der Waals surface area contributed by atoms with Crippen molar-refractivity contribution in [2.24, 2.45) is 11.3 Å². The van der Waals surface area contributed by atoms with Crippen LogP contribution in [0.2, 0.25) is 0 Å². The molecule has 1 saturated carbocycles. The van der Waals surface area contributed by atoms with Gasteiger partial charge in [0, 0.05) is 13.1 Å². The number of para-hydroxylation sites is 1. The SMILES string of the molecule is O=C(C1Nc2ccccc2S(=O)(=O)N1)N1C[C@@H]2CC[C@]2(C(F)(F)F)C1. The quantitative estimate of drug-likeness (QED) is 0.780. The number of hydrogen-bond acceptors (Lipinski definition) is 4. The molecular formula is C15H16F3N3O3S. The first-order valence-electron chi connectivity index (χ1n) is 7.87. The van der Waals surface area contributed by atoms with Gasteiger partial charge in [-0.25, -0.2) is 8.42 Å². The Labute approximate surface area is 142 Å². The van der Waals surface area contributed by atoms with Gasteiger partial charge in [0.05, 0.1) is 11.1 Å². The molecule has 0 aromatic heterocycles. The van der Waals surface area contributed by atoms with Crippen molar-refractivity contribution >= 4 is 21.6 Å². The normalized spacial score (nSPS) is 33.0. The molecular weight excluding hydrogens is 359 g/mol. The lowest BCUT2D eigenvalue weighted by molar-refractivity contribution is -0.259. The summed E-state index contributed by atoms with van der Waals surface area (Å²) in [5.41, 5.74) is -1.58. The summed E-state index contributed by atoms with van der Waals surface area (Å²) in [6, 6.07) is 6.06. The van der Waals surface area contributed by atoms with Crippen LogP contribution >= 0.6 is 0 Å². The molecule has 1 unspecified atom stereocenters. The summed E-state index contributed by atoms with van der Waals surface area (Å²) in [6.45, 7) is -0.415. The Kier molecular flexibility index (Phi) is 3.40. The fourth-order valence-corrected chi connectivity index (χ4v) is 5.26. The standard InChI is InChI=1S/C15H16F3N3O3S/c16-15(17,18)14-6-5-9(14)7-21(8-14)13(22)12-19-10-3-1-2-4-11(10)25(23,24)20-12/h1-4,9,12,19-20H,5-8H2/t9-,12?,14-/m0/s1. The Hall–Kier alpha value is -1.81. The first kappa shape index (κ1) is 16.6. The van der Waals surface area contributed by atoms with Crippen molar-refractivity contribution < 1.29 is 26.4 Å². The van der Waals surface area contributed by atoms with Crippen LogP contribution in [-0.2, 0) is 14.8 Å². The molecule has 25 heavy (non-hydrogen) atoms. The summed E-state index contributed by atoms with van der Waals surface area (Å²) in [4.78, 5) is 13.8. The van der Waals surface area contributed by atoms with Crippen LogP contribution in [0.4, 0.5) is 18.9 Å². The molecule has 136 valence electrons. The molecule has 1 aromatic carbocycles. The van der Waals surface area contributed by atoms with Gasteiger partial charge in [-0.3, -0.25) is 4.79 Å². The second-order valence-electron chi connectivity index (χ2n) is 6.80. The average molecular weight is 375 g/mol. The van der Waals surface area contributed by atoms with Gasteiger partial charge < -0.3 is 10.2 Å². The van der Waals surface area contributed by atoms with Crippen LogP contribution in [0.5, 0.6) is 0 Å². The van der Waals surface area contributed by atoms with Crippen molar-refractivity contribution in [2.45, 2.75) is 30.1 Å². The predicted octanol–water partition coefficient (Wildman–Crippen LogP) is 1.52. The van der Waals surface area contributed by atoms with E-state index in [0.717, 1.165) is 4.90 Å². The average Bonchev–Trinajstić information content (AvgIpc) is 2.78. The number of hydrogen-bond donors (Lipinski definition) is 2. The van der Waals surface area contributed by atoms with Crippen LogP contribution < -0.4 is 10.0 Å². The number of fused-ring (bicyclic) bond motifs is 2. The van der Waals surface area contributed by atoms with Crippen molar-refractivity contribution in [1.29, 1.82) is 0 Å². The molecule has 3 aliphatic rings. The molecule has 2 N–H and O–H groups in total. The summed E-state index contributed by atoms with van der Waals surface area (Å²) in [5.74, 6) is -1.29. The van der Waals surface area contributed by atoms with E-state index in [-0.39, 0.29) is 23.5 Å². The Bertz CT molecular complexity index is 842. The number of benzene rings is 1. The van der Waals surface area contributed by atoms with E-state index in [1.165, 1.54) is 12.1 Å².